The number of anilines is 1. The molecule has 0 spiro atoms. The maximum atomic E-state index is 13.2. The van der Waals surface area contributed by atoms with Crippen molar-refractivity contribution in [1.29, 1.82) is 0 Å². The fraction of sp³-hybridized carbons (Fsp3) is 0.355. The lowest BCUT2D eigenvalue weighted by Crippen LogP contribution is -2.14. The number of nitrogens with zero attached hydrogens (tertiary/aromatic N) is 1. The molecule has 3 aromatic carbocycles. The van der Waals surface area contributed by atoms with Crippen LogP contribution in [0.4, 0.5) is 5.69 Å². The highest BCUT2D eigenvalue weighted by Crippen LogP contribution is 2.36. The smallest absolute Gasteiger partial charge is 0.255 e. The first kappa shape index (κ1) is 24.6. The van der Waals surface area contributed by atoms with Gasteiger partial charge in [0.15, 0.2) is 0 Å². The number of hydrogen-bond donors (Lipinski definition) is 2. The zero-order valence-corrected chi connectivity index (χ0v) is 22.3. The molecule has 2 N–H and O–H groups in total. The van der Waals surface area contributed by atoms with Gasteiger partial charge in [-0.3, -0.25) is 4.79 Å². The van der Waals surface area contributed by atoms with Crippen molar-refractivity contribution in [2.24, 2.45) is 0 Å². The second-order valence-corrected chi connectivity index (χ2v) is 11.9. The SMILES string of the molecule is CC(C)(C)c1ccc(C(=O)Nc2cc3nc(C4CCCCC4)[nH]c3cc2SCc2ccccc2)cc1. The highest BCUT2D eigenvalue weighted by atomic mass is 32.2. The van der Waals surface area contributed by atoms with E-state index in [1.165, 1.54) is 43.2 Å². The predicted octanol–water partition coefficient (Wildman–Crippen LogP) is 8.45. The molecule has 186 valence electrons. The molecule has 0 radical (unpaired) electrons. The Morgan fingerprint density at radius 1 is 1.00 bits per heavy atom. The summed E-state index contributed by atoms with van der Waals surface area (Å²) in [7, 11) is 0. The van der Waals surface area contributed by atoms with E-state index in [0.717, 1.165) is 33.2 Å². The average Bonchev–Trinajstić information content (AvgIpc) is 3.31. The van der Waals surface area contributed by atoms with E-state index in [9.17, 15) is 4.79 Å². The van der Waals surface area contributed by atoms with Crippen molar-refractivity contribution in [3.05, 3.63) is 89.2 Å². The Bertz CT molecular complexity index is 1330. The summed E-state index contributed by atoms with van der Waals surface area (Å²) in [5.74, 6) is 2.33. The molecular weight excluding hydrogens is 462 g/mol. The number of carbonyl (C=O) groups is 1. The third-order valence-corrected chi connectivity index (χ3v) is 8.22. The number of aromatic amines is 1. The van der Waals surface area contributed by atoms with Gasteiger partial charge in [-0.1, -0.05) is 82.5 Å². The number of amides is 1. The first-order valence-corrected chi connectivity index (χ1v) is 14.0. The molecule has 5 rings (SSSR count). The molecule has 0 unspecified atom stereocenters. The van der Waals surface area contributed by atoms with E-state index in [2.05, 4.69) is 61.4 Å². The molecule has 1 heterocycles. The molecule has 36 heavy (non-hydrogen) atoms. The third kappa shape index (κ3) is 5.67. The number of nitrogens with one attached hydrogen (secondary N) is 2. The first-order valence-electron chi connectivity index (χ1n) is 13.0. The van der Waals surface area contributed by atoms with Crippen LogP contribution < -0.4 is 5.32 Å². The van der Waals surface area contributed by atoms with Crippen LogP contribution in [0.2, 0.25) is 0 Å². The van der Waals surface area contributed by atoms with Gasteiger partial charge in [-0.25, -0.2) is 4.98 Å². The van der Waals surface area contributed by atoms with E-state index in [-0.39, 0.29) is 11.3 Å². The summed E-state index contributed by atoms with van der Waals surface area (Å²) in [6.07, 6.45) is 6.27. The van der Waals surface area contributed by atoms with Crippen LogP contribution >= 0.6 is 11.8 Å². The Morgan fingerprint density at radius 2 is 1.72 bits per heavy atom. The van der Waals surface area contributed by atoms with Crippen LogP contribution in [0.25, 0.3) is 11.0 Å². The van der Waals surface area contributed by atoms with Crippen molar-refractivity contribution in [3.63, 3.8) is 0 Å². The van der Waals surface area contributed by atoms with Gasteiger partial charge in [0.05, 0.1) is 16.7 Å². The van der Waals surface area contributed by atoms with Gasteiger partial charge in [0.2, 0.25) is 0 Å². The average molecular weight is 498 g/mol. The van der Waals surface area contributed by atoms with E-state index in [0.29, 0.717) is 11.5 Å². The highest BCUT2D eigenvalue weighted by molar-refractivity contribution is 7.98. The summed E-state index contributed by atoms with van der Waals surface area (Å²) < 4.78 is 0. The van der Waals surface area contributed by atoms with Gasteiger partial charge in [-0.2, -0.15) is 0 Å². The van der Waals surface area contributed by atoms with Crippen LogP contribution in [0.15, 0.2) is 71.6 Å². The van der Waals surface area contributed by atoms with Gasteiger partial charge >= 0.3 is 0 Å². The van der Waals surface area contributed by atoms with Crippen molar-refractivity contribution < 1.29 is 4.79 Å². The number of rotatable bonds is 6. The lowest BCUT2D eigenvalue weighted by atomic mass is 9.87. The lowest BCUT2D eigenvalue weighted by molar-refractivity contribution is 0.102. The van der Waals surface area contributed by atoms with E-state index in [4.69, 9.17) is 4.98 Å². The maximum absolute atomic E-state index is 13.2. The molecule has 1 aliphatic carbocycles. The fourth-order valence-corrected chi connectivity index (χ4v) is 5.88. The van der Waals surface area contributed by atoms with E-state index in [1.807, 2.05) is 36.4 Å². The van der Waals surface area contributed by atoms with Crippen molar-refractivity contribution in [2.75, 3.05) is 5.32 Å². The lowest BCUT2D eigenvalue weighted by Gasteiger charge is -2.19. The zero-order valence-electron chi connectivity index (χ0n) is 21.4. The number of thioether (sulfide) groups is 1. The summed E-state index contributed by atoms with van der Waals surface area (Å²) in [5.41, 5.74) is 5.95. The molecule has 5 heteroatoms. The minimum Gasteiger partial charge on any atom is -0.342 e. The molecular formula is C31H35N3OS. The number of benzene rings is 3. The minimum absolute atomic E-state index is 0.0529. The van der Waals surface area contributed by atoms with Gasteiger partial charge in [-0.15, -0.1) is 11.8 Å². The Hall–Kier alpha value is -3.05. The molecule has 0 atom stereocenters. The number of imidazole rings is 1. The molecule has 1 fully saturated rings. The van der Waals surface area contributed by atoms with Gasteiger partial charge in [0, 0.05) is 22.1 Å². The summed E-state index contributed by atoms with van der Waals surface area (Å²) in [5, 5.41) is 3.19. The van der Waals surface area contributed by atoms with Crippen molar-refractivity contribution in [1.82, 2.24) is 9.97 Å². The van der Waals surface area contributed by atoms with Crippen molar-refractivity contribution >= 4 is 34.4 Å². The Labute approximate surface area is 218 Å². The van der Waals surface area contributed by atoms with Crippen molar-refractivity contribution in [3.8, 4) is 0 Å². The summed E-state index contributed by atoms with van der Waals surface area (Å²) in [6.45, 7) is 6.54. The number of aromatic nitrogens is 2. The van der Waals surface area contributed by atoms with Crippen LogP contribution in [0.5, 0.6) is 0 Å². The van der Waals surface area contributed by atoms with Gasteiger partial charge in [0.1, 0.15) is 5.82 Å². The quantitative estimate of drug-likeness (QED) is 0.263. The summed E-state index contributed by atoms with van der Waals surface area (Å²) >= 11 is 1.74. The molecule has 4 aromatic rings. The molecule has 1 amide bonds. The molecule has 0 saturated heterocycles. The molecule has 0 aliphatic heterocycles. The molecule has 1 aliphatic rings. The fourth-order valence-electron chi connectivity index (χ4n) is 4.89. The second-order valence-electron chi connectivity index (χ2n) is 10.9. The standard InChI is InChI=1S/C31H35N3OS/c1-31(2,3)24-16-14-23(15-17-24)30(35)34-27-18-25-26(33-29(32-25)22-12-8-5-9-13-22)19-28(27)36-20-21-10-6-4-7-11-21/h4,6-7,10-11,14-19,22H,5,8-9,12-13,20H2,1-3H3,(H,32,33)(H,34,35). The first-order chi connectivity index (χ1) is 17.4. The second kappa shape index (κ2) is 10.5. The van der Waals surface area contributed by atoms with Gasteiger partial charge < -0.3 is 10.3 Å². The Balaban J connectivity index is 1.44. The molecule has 4 nitrogen and oxygen atoms in total. The normalized spacial score (nSPS) is 14.8. The zero-order chi connectivity index (χ0) is 25.1. The highest BCUT2D eigenvalue weighted by Gasteiger charge is 2.20. The van der Waals surface area contributed by atoms with Crippen molar-refractivity contribution in [2.45, 2.75) is 74.9 Å². The van der Waals surface area contributed by atoms with E-state index >= 15 is 0 Å². The van der Waals surface area contributed by atoms with Crippen LogP contribution in [0.3, 0.4) is 0 Å². The summed E-state index contributed by atoms with van der Waals surface area (Å²) in [4.78, 5) is 22.8. The maximum Gasteiger partial charge on any atom is 0.255 e. The van der Waals surface area contributed by atoms with E-state index < -0.39 is 0 Å². The molecule has 1 aromatic heterocycles. The minimum atomic E-state index is -0.0978. The Morgan fingerprint density at radius 3 is 2.42 bits per heavy atom. The van der Waals surface area contributed by atoms with Gasteiger partial charge in [0.25, 0.3) is 5.91 Å². The number of hydrogen-bond acceptors (Lipinski definition) is 3. The largest absolute Gasteiger partial charge is 0.342 e. The van der Waals surface area contributed by atoms with Crippen LogP contribution in [-0.2, 0) is 11.2 Å². The molecule has 1 saturated carbocycles. The number of carbonyl (C=O) groups excluding carboxylic acids is 1. The van der Waals surface area contributed by atoms with Gasteiger partial charge in [-0.05, 0) is 53.6 Å². The predicted molar refractivity (Wildman–Crippen MR) is 151 cm³/mol. The Kier molecular flexibility index (Phi) is 7.20. The topological polar surface area (TPSA) is 57.8 Å². The summed E-state index contributed by atoms with van der Waals surface area (Å²) in [6, 6.07) is 22.6. The van der Waals surface area contributed by atoms with E-state index in [1.54, 1.807) is 11.8 Å². The molecule has 0 bridgehead atoms. The van der Waals surface area contributed by atoms with Crippen LogP contribution in [-0.4, -0.2) is 15.9 Å². The van der Waals surface area contributed by atoms with Crippen LogP contribution in [0, 0.1) is 0 Å². The third-order valence-electron chi connectivity index (χ3n) is 7.09. The number of H-pyrrole nitrogens is 1. The van der Waals surface area contributed by atoms with Crippen LogP contribution in [0.1, 0.15) is 86.1 Å². The monoisotopic (exact) mass is 497 g/mol. The number of fused-ring (bicyclic) bond motifs is 1.